The van der Waals surface area contributed by atoms with Crippen molar-refractivity contribution < 1.29 is 14.3 Å². The van der Waals surface area contributed by atoms with Crippen molar-refractivity contribution >= 4 is 23.8 Å². The molecule has 1 aliphatic heterocycles. The van der Waals surface area contributed by atoms with E-state index in [-0.39, 0.29) is 36.6 Å². The molecule has 0 radical (unpaired) electrons. The van der Waals surface area contributed by atoms with Crippen molar-refractivity contribution in [1.29, 1.82) is 0 Å². The predicted octanol–water partition coefficient (Wildman–Crippen LogP) is 7.44. The van der Waals surface area contributed by atoms with E-state index in [0.717, 1.165) is 53.0 Å². The lowest BCUT2D eigenvalue weighted by molar-refractivity contribution is 0.0533. The molecule has 234 valence electrons. The summed E-state index contributed by atoms with van der Waals surface area (Å²) in [7, 11) is 0. The number of aromatic nitrogens is 4. The molecule has 1 fully saturated rings. The van der Waals surface area contributed by atoms with Crippen molar-refractivity contribution in [2.75, 3.05) is 11.3 Å². The fourth-order valence-electron chi connectivity index (χ4n) is 5.60. The van der Waals surface area contributed by atoms with Gasteiger partial charge >= 0.3 is 0 Å². The molecule has 2 atom stereocenters. The topological polar surface area (TPSA) is 102 Å². The van der Waals surface area contributed by atoms with Crippen molar-refractivity contribution in [3.8, 4) is 22.9 Å². The van der Waals surface area contributed by atoms with E-state index in [1.165, 1.54) is 11.9 Å². The first-order valence-corrected chi connectivity index (χ1v) is 16.4. The van der Waals surface area contributed by atoms with Gasteiger partial charge in [0.05, 0.1) is 36.8 Å². The van der Waals surface area contributed by atoms with Gasteiger partial charge < -0.3 is 14.4 Å². The summed E-state index contributed by atoms with van der Waals surface area (Å²) in [4.78, 5) is 35.8. The van der Waals surface area contributed by atoms with Crippen LogP contribution in [0.1, 0.15) is 73.8 Å². The van der Waals surface area contributed by atoms with Crippen molar-refractivity contribution in [3.63, 3.8) is 0 Å². The van der Waals surface area contributed by atoms with Crippen LogP contribution in [0, 0.1) is 19.3 Å². The molecular formula is C35H40N6O3S. The number of nitrogens with one attached hydrogen (secondary N) is 1. The largest absolute Gasteiger partial charge is 0.487 e. The van der Waals surface area contributed by atoms with E-state index >= 15 is 0 Å². The van der Waals surface area contributed by atoms with Gasteiger partial charge in [-0.3, -0.25) is 9.52 Å². The highest BCUT2D eigenvalue weighted by atomic mass is 32.2. The van der Waals surface area contributed by atoms with Gasteiger partial charge in [0.1, 0.15) is 12.4 Å². The fourth-order valence-corrected chi connectivity index (χ4v) is 6.23. The first-order chi connectivity index (χ1) is 21.7. The maximum atomic E-state index is 14.3. The Bertz CT molecular complexity index is 1660. The van der Waals surface area contributed by atoms with E-state index in [0.29, 0.717) is 29.0 Å². The molecule has 45 heavy (non-hydrogen) atoms. The summed E-state index contributed by atoms with van der Waals surface area (Å²) in [5.41, 5.74) is 4.83. The van der Waals surface area contributed by atoms with Gasteiger partial charge in [0, 0.05) is 22.1 Å². The Morgan fingerprint density at radius 3 is 2.53 bits per heavy atom. The number of aryl methyl sites for hydroxylation is 2. The molecule has 4 bridgehead atoms. The quantitative estimate of drug-likeness (QED) is 0.200. The number of carbonyl (C=O) groups is 1. The first kappa shape index (κ1) is 30.8. The second-order valence-electron chi connectivity index (χ2n) is 12.5. The second-order valence-corrected chi connectivity index (χ2v) is 13.4. The summed E-state index contributed by atoms with van der Waals surface area (Å²) in [6, 6.07) is 15.5. The molecule has 4 aromatic rings. The summed E-state index contributed by atoms with van der Waals surface area (Å²) >= 11 is 1.36. The Labute approximate surface area is 269 Å². The molecule has 1 amide bonds. The molecule has 1 saturated carbocycles. The van der Waals surface area contributed by atoms with Crippen LogP contribution < -0.4 is 14.2 Å². The zero-order valence-electron chi connectivity index (χ0n) is 26.5. The highest BCUT2D eigenvalue weighted by Crippen LogP contribution is 2.49. The van der Waals surface area contributed by atoms with Crippen molar-refractivity contribution in [3.05, 3.63) is 83.4 Å². The molecule has 1 N–H and O–H groups in total. The molecule has 1 aliphatic carbocycles. The van der Waals surface area contributed by atoms with Crippen LogP contribution >= 0.6 is 11.9 Å². The molecule has 10 heteroatoms. The smallest absolute Gasteiger partial charge is 0.254 e. The summed E-state index contributed by atoms with van der Waals surface area (Å²) < 4.78 is 15.7. The third-order valence-corrected chi connectivity index (χ3v) is 9.42. The number of hydrogen-bond acceptors (Lipinski definition) is 9. The SMILES string of the molecule is CC[C@H](C)Oc1cnc(CN2C(=O)c3cccc(c3)SNc3nc(cc(-c4c(C)cccc4C)n3)OC[C@H]2CC2(C)CC2)nc1. The average molecular weight is 625 g/mol. The average Bonchev–Trinajstić information content (AvgIpc) is 3.77. The van der Waals surface area contributed by atoms with E-state index in [1.54, 1.807) is 12.4 Å². The van der Waals surface area contributed by atoms with Gasteiger partial charge in [0.25, 0.3) is 5.91 Å². The number of benzene rings is 2. The molecule has 2 aromatic heterocycles. The van der Waals surface area contributed by atoms with Gasteiger partial charge in [-0.1, -0.05) is 38.1 Å². The number of nitrogens with zero attached hydrogens (tertiary/aromatic N) is 5. The lowest BCUT2D eigenvalue weighted by Gasteiger charge is -2.33. The lowest BCUT2D eigenvalue weighted by atomic mass is 9.97. The van der Waals surface area contributed by atoms with Crippen LogP contribution in [0.2, 0.25) is 0 Å². The number of anilines is 1. The van der Waals surface area contributed by atoms with Crippen LogP contribution in [0.3, 0.4) is 0 Å². The molecule has 2 aromatic carbocycles. The standard InChI is InChI=1S/C35H40N6O3S/c1-6-24(4)44-27-18-36-30(37-19-27)20-41-26(17-35(5)13-14-35)21-43-31-16-29(32-22(2)9-7-10-23(32)3)38-34(39-31)40-45-28-12-8-11-25(15-28)33(41)42/h7-12,15-16,18-19,24,26H,6,13-14,17,20-21H2,1-5H3,(H,38,39,40)/t24-,26+/m0/s1. The fraction of sp³-hybridized carbons (Fsp3) is 0.400. The van der Waals surface area contributed by atoms with Crippen LogP contribution in [-0.4, -0.2) is 49.5 Å². The number of amides is 1. The summed E-state index contributed by atoms with van der Waals surface area (Å²) in [6.45, 7) is 11.0. The zero-order chi connectivity index (χ0) is 31.6. The van der Waals surface area contributed by atoms with Crippen molar-refractivity contribution in [2.45, 2.75) is 83.9 Å². The maximum absolute atomic E-state index is 14.3. The molecule has 9 nitrogen and oxygen atoms in total. The molecule has 0 unspecified atom stereocenters. The molecule has 6 rings (SSSR count). The van der Waals surface area contributed by atoms with Crippen LogP contribution in [-0.2, 0) is 6.54 Å². The van der Waals surface area contributed by atoms with Crippen LogP contribution in [0.25, 0.3) is 11.3 Å². The minimum atomic E-state index is -0.239. The Morgan fingerprint density at radius 2 is 1.82 bits per heavy atom. The van der Waals surface area contributed by atoms with E-state index in [1.807, 2.05) is 42.2 Å². The number of carbonyl (C=O) groups excluding carboxylic acids is 1. The van der Waals surface area contributed by atoms with Crippen molar-refractivity contribution in [2.24, 2.45) is 5.41 Å². The predicted molar refractivity (Wildman–Crippen MR) is 176 cm³/mol. The van der Waals surface area contributed by atoms with E-state index in [9.17, 15) is 4.79 Å². The number of ether oxygens (including phenoxy) is 2. The van der Waals surface area contributed by atoms with Gasteiger partial charge in [-0.15, -0.1) is 0 Å². The van der Waals surface area contributed by atoms with E-state index in [4.69, 9.17) is 19.4 Å². The van der Waals surface area contributed by atoms with Crippen LogP contribution in [0.5, 0.6) is 11.6 Å². The maximum Gasteiger partial charge on any atom is 0.254 e. The van der Waals surface area contributed by atoms with Crippen molar-refractivity contribution in [1.82, 2.24) is 24.8 Å². The summed E-state index contributed by atoms with van der Waals surface area (Å²) in [5.74, 6) is 1.97. The molecule has 0 spiro atoms. The van der Waals surface area contributed by atoms with Gasteiger partial charge in [-0.05, 0) is 93.1 Å². The van der Waals surface area contributed by atoms with E-state index in [2.05, 4.69) is 60.6 Å². The third-order valence-electron chi connectivity index (χ3n) is 8.64. The third kappa shape index (κ3) is 7.39. The normalized spacial score (nSPS) is 18.0. The van der Waals surface area contributed by atoms with Crippen LogP contribution in [0.4, 0.5) is 5.95 Å². The summed E-state index contributed by atoms with van der Waals surface area (Å²) in [6.07, 6.45) is 7.36. The number of hydrogen-bond donors (Lipinski definition) is 1. The minimum absolute atomic E-state index is 0.0677. The summed E-state index contributed by atoms with van der Waals surface area (Å²) in [5, 5.41) is 0. The minimum Gasteiger partial charge on any atom is -0.487 e. The Hall–Kier alpha value is -4.18. The first-order valence-electron chi connectivity index (χ1n) is 15.6. The van der Waals surface area contributed by atoms with Gasteiger partial charge in [0.2, 0.25) is 11.8 Å². The number of rotatable bonds is 8. The zero-order valence-corrected chi connectivity index (χ0v) is 27.4. The lowest BCUT2D eigenvalue weighted by Crippen LogP contribution is -2.44. The highest BCUT2D eigenvalue weighted by molar-refractivity contribution is 8.00. The Morgan fingerprint density at radius 1 is 1.09 bits per heavy atom. The molecule has 2 aliphatic rings. The molecular weight excluding hydrogens is 584 g/mol. The second kappa shape index (κ2) is 13.0. The Kier molecular flexibility index (Phi) is 8.94. The van der Waals surface area contributed by atoms with Gasteiger partial charge in [-0.2, -0.15) is 4.98 Å². The van der Waals surface area contributed by atoms with Crippen LogP contribution in [0.15, 0.2) is 65.8 Å². The van der Waals surface area contributed by atoms with E-state index < -0.39 is 0 Å². The highest BCUT2D eigenvalue weighted by Gasteiger charge is 2.42. The van der Waals surface area contributed by atoms with Gasteiger partial charge in [0.15, 0.2) is 5.75 Å². The molecule has 0 saturated heterocycles. The molecule has 3 heterocycles. The van der Waals surface area contributed by atoms with Gasteiger partial charge in [-0.25, -0.2) is 15.0 Å². The number of fused-ring (bicyclic) bond motifs is 4. The monoisotopic (exact) mass is 624 g/mol. The Balaban J connectivity index is 1.38.